The summed E-state index contributed by atoms with van der Waals surface area (Å²) in [6, 6.07) is 18.0. The zero-order valence-electron chi connectivity index (χ0n) is 14.2. The number of benzene rings is 2. The number of anilines is 1. The second-order valence-electron chi connectivity index (χ2n) is 6.48. The molecule has 0 aromatic heterocycles. The molecule has 24 heavy (non-hydrogen) atoms. The Balaban J connectivity index is 1.69. The Kier molecular flexibility index (Phi) is 4.92. The van der Waals surface area contributed by atoms with Crippen LogP contribution in [0.2, 0.25) is 0 Å². The maximum absolute atomic E-state index is 12.7. The average Bonchev–Trinajstić information content (AvgIpc) is 2.56. The van der Waals surface area contributed by atoms with Crippen LogP contribution in [0.3, 0.4) is 0 Å². The maximum Gasteiger partial charge on any atom is 0.218 e. The van der Waals surface area contributed by atoms with E-state index in [9.17, 15) is 8.42 Å². The fourth-order valence-corrected chi connectivity index (χ4v) is 4.77. The lowest BCUT2D eigenvalue weighted by Gasteiger charge is -2.40. The first-order valence-electron chi connectivity index (χ1n) is 8.31. The van der Waals surface area contributed by atoms with Gasteiger partial charge in [0.1, 0.15) is 0 Å². The molecular weight excluding hydrogens is 320 g/mol. The molecule has 3 rings (SSSR count). The smallest absolute Gasteiger partial charge is 0.218 e. The Morgan fingerprint density at radius 3 is 2.29 bits per heavy atom. The molecule has 1 fully saturated rings. The van der Waals surface area contributed by atoms with Crippen molar-refractivity contribution < 1.29 is 8.42 Å². The summed E-state index contributed by atoms with van der Waals surface area (Å²) >= 11 is 0. The van der Waals surface area contributed by atoms with E-state index in [0.717, 1.165) is 17.8 Å². The van der Waals surface area contributed by atoms with Gasteiger partial charge in [0.2, 0.25) is 10.0 Å². The van der Waals surface area contributed by atoms with Gasteiger partial charge in [0.15, 0.2) is 0 Å². The molecular formula is C19H24N2O2S. The van der Waals surface area contributed by atoms with E-state index in [1.807, 2.05) is 30.3 Å². The predicted octanol–water partition coefficient (Wildman–Crippen LogP) is 3.04. The fraction of sp³-hybridized carbons (Fsp3) is 0.368. The normalized spacial score (nSPS) is 19.4. The van der Waals surface area contributed by atoms with Crippen molar-refractivity contribution in [3.05, 3.63) is 65.7 Å². The summed E-state index contributed by atoms with van der Waals surface area (Å²) in [4.78, 5) is 2.29. The van der Waals surface area contributed by atoms with E-state index < -0.39 is 10.0 Å². The Morgan fingerprint density at radius 2 is 1.67 bits per heavy atom. The summed E-state index contributed by atoms with van der Waals surface area (Å²) in [5.74, 6) is 0.0745. The highest BCUT2D eigenvalue weighted by atomic mass is 32.2. The van der Waals surface area contributed by atoms with Crippen molar-refractivity contribution in [2.24, 2.45) is 0 Å². The SMILES string of the molecule is Cc1ccc(N2CCN(S(=O)(=O)Cc3ccccc3)CC2C)cc1. The summed E-state index contributed by atoms with van der Waals surface area (Å²) in [7, 11) is -3.27. The molecule has 0 spiro atoms. The maximum atomic E-state index is 12.7. The molecule has 1 aliphatic heterocycles. The van der Waals surface area contributed by atoms with Crippen molar-refractivity contribution in [3.8, 4) is 0 Å². The van der Waals surface area contributed by atoms with Crippen LogP contribution in [-0.2, 0) is 15.8 Å². The minimum Gasteiger partial charge on any atom is -0.366 e. The topological polar surface area (TPSA) is 40.6 Å². The molecule has 0 aliphatic carbocycles. The Hall–Kier alpha value is -1.85. The van der Waals surface area contributed by atoms with Gasteiger partial charge in [-0.1, -0.05) is 48.0 Å². The first-order chi connectivity index (χ1) is 11.5. The highest BCUT2D eigenvalue weighted by molar-refractivity contribution is 7.88. The first kappa shape index (κ1) is 17.0. The number of nitrogens with zero attached hydrogens (tertiary/aromatic N) is 2. The third kappa shape index (κ3) is 3.79. The lowest BCUT2D eigenvalue weighted by molar-refractivity contribution is 0.342. The van der Waals surface area contributed by atoms with Gasteiger partial charge in [-0.2, -0.15) is 4.31 Å². The molecule has 1 unspecified atom stereocenters. The molecule has 0 bridgehead atoms. The van der Waals surface area contributed by atoms with Crippen LogP contribution in [0, 0.1) is 6.92 Å². The summed E-state index contributed by atoms with van der Waals surface area (Å²) in [6.45, 7) is 5.94. The van der Waals surface area contributed by atoms with Gasteiger partial charge >= 0.3 is 0 Å². The predicted molar refractivity (Wildman–Crippen MR) is 98.6 cm³/mol. The van der Waals surface area contributed by atoms with Crippen LogP contribution in [-0.4, -0.2) is 38.4 Å². The van der Waals surface area contributed by atoms with Gasteiger partial charge in [0.25, 0.3) is 0 Å². The Morgan fingerprint density at radius 1 is 1.00 bits per heavy atom. The molecule has 1 heterocycles. The molecule has 2 aromatic carbocycles. The van der Waals surface area contributed by atoms with E-state index in [4.69, 9.17) is 0 Å². The van der Waals surface area contributed by atoms with Gasteiger partial charge in [0, 0.05) is 31.4 Å². The van der Waals surface area contributed by atoms with E-state index in [2.05, 4.69) is 43.0 Å². The second kappa shape index (κ2) is 6.95. The molecule has 1 atom stereocenters. The van der Waals surface area contributed by atoms with Crippen LogP contribution >= 0.6 is 0 Å². The highest BCUT2D eigenvalue weighted by Gasteiger charge is 2.31. The van der Waals surface area contributed by atoms with E-state index >= 15 is 0 Å². The number of piperazine rings is 1. The largest absolute Gasteiger partial charge is 0.366 e. The molecule has 1 saturated heterocycles. The van der Waals surface area contributed by atoms with Gasteiger partial charge in [-0.15, -0.1) is 0 Å². The number of rotatable bonds is 4. The van der Waals surface area contributed by atoms with Gasteiger partial charge in [-0.3, -0.25) is 0 Å². The molecule has 1 aliphatic rings. The standard InChI is InChI=1S/C19H24N2O2S/c1-16-8-10-19(11-9-16)21-13-12-20(14-17(21)2)24(22,23)15-18-6-4-3-5-7-18/h3-11,17H,12-15H2,1-2H3. The molecule has 5 heteroatoms. The fourth-order valence-electron chi connectivity index (χ4n) is 3.17. The molecule has 0 amide bonds. The van der Waals surface area contributed by atoms with Crippen molar-refractivity contribution in [2.75, 3.05) is 24.5 Å². The van der Waals surface area contributed by atoms with Gasteiger partial charge in [-0.05, 0) is 31.5 Å². The van der Waals surface area contributed by atoms with Gasteiger partial charge in [-0.25, -0.2) is 8.42 Å². The minimum absolute atomic E-state index is 0.0745. The monoisotopic (exact) mass is 344 g/mol. The number of hydrogen-bond acceptors (Lipinski definition) is 3. The molecule has 128 valence electrons. The number of sulfonamides is 1. The van der Waals surface area contributed by atoms with Crippen LogP contribution in [0.1, 0.15) is 18.1 Å². The second-order valence-corrected chi connectivity index (χ2v) is 8.45. The van der Waals surface area contributed by atoms with Gasteiger partial charge < -0.3 is 4.90 Å². The lowest BCUT2D eigenvalue weighted by atomic mass is 10.1. The van der Waals surface area contributed by atoms with Crippen molar-refractivity contribution in [1.29, 1.82) is 0 Å². The quantitative estimate of drug-likeness (QED) is 0.856. The summed E-state index contributed by atoms with van der Waals surface area (Å²) in [5.41, 5.74) is 3.23. The van der Waals surface area contributed by atoms with Crippen LogP contribution < -0.4 is 4.90 Å². The molecule has 0 radical (unpaired) electrons. The summed E-state index contributed by atoms with van der Waals surface area (Å²) in [5, 5.41) is 0. The Labute approximate surface area is 144 Å². The average molecular weight is 344 g/mol. The van der Waals surface area contributed by atoms with Crippen molar-refractivity contribution in [2.45, 2.75) is 25.6 Å². The zero-order chi connectivity index (χ0) is 17.2. The number of aryl methyl sites for hydroxylation is 1. The van der Waals surface area contributed by atoms with E-state index in [1.165, 1.54) is 5.56 Å². The highest BCUT2D eigenvalue weighted by Crippen LogP contribution is 2.23. The molecule has 4 nitrogen and oxygen atoms in total. The van der Waals surface area contributed by atoms with Gasteiger partial charge in [0.05, 0.1) is 5.75 Å². The van der Waals surface area contributed by atoms with Crippen LogP contribution in [0.15, 0.2) is 54.6 Å². The van der Waals surface area contributed by atoms with Crippen LogP contribution in [0.4, 0.5) is 5.69 Å². The molecule has 0 saturated carbocycles. The van der Waals surface area contributed by atoms with E-state index in [0.29, 0.717) is 13.1 Å². The van der Waals surface area contributed by atoms with Crippen LogP contribution in [0.25, 0.3) is 0 Å². The lowest BCUT2D eigenvalue weighted by Crippen LogP contribution is -2.53. The van der Waals surface area contributed by atoms with E-state index in [-0.39, 0.29) is 11.8 Å². The third-order valence-electron chi connectivity index (χ3n) is 4.54. The Bertz CT molecular complexity index is 773. The minimum atomic E-state index is -3.27. The zero-order valence-corrected chi connectivity index (χ0v) is 15.0. The molecule has 2 aromatic rings. The molecule has 0 N–H and O–H groups in total. The number of hydrogen-bond donors (Lipinski definition) is 0. The van der Waals surface area contributed by atoms with Crippen molar-refractivity contribution in [3.63, 3.8) is 0 Å². The first-order valence-corrected chi connectivity index (χ1v) is 9.92. The summed E-state index contributed by atoms with van der Waals surface area (Å²) in [6.07, 6.45) is 0. The van der Waals surface area contributed by atoms with Crippen LogP contribution in [0.5, 0.6) is 0 Å². The van der Waals surface area contributed by atoms with Crippen molar-refractivity contribution in [1.82, 2.24) is 4.31 Å². The summed E-state index contributed by atoms with van der Waals surface area (Å²) < 4.78 is 27.0. The van der Waals surface area contributed by atoms with Crippen molar-refractivity contribution >= 4 is 15.7 Å². The van der Waals surface area contributed by atoms with E-state index in [1.54, 1.807) is 4.31 Å². The third-order valence-corrected chi connectivity index (χ3v) is 6.36.